The van der Waals surface area contributed by atoms with Gasteiger partial charge in [-0.3, -0.25) is 19.7 Å². The highest BCUT2D eigenvalue weighted by Gasteiger charge is 2.17. The molecule has 0 spiro atoms. The number of thiazole rings is 1. The molecule has 10 heteroatoms. The zero-order chi connectivity index (χ0) is 23.8. The van der Waals surface area contributed by atoms with Gasteiger partial charge in [0.05, 0.1) is 15.9 Å². The minimum Gasteiger partial charge on any atom is -0.326 e. The number of nitrogens with zero attached hydrogens (tertiary/aromatic N) is 2. The second-order valence-electron chi connectivity index (χ2n) is 7.27. The van der Waals surface area contributed by atoms with Crippen molar-refractivity contribution in [2.45, 2.75) is 43.3 Å². The van der Waals surface area contributed by atoms with Crippen LogP contribution in [0.25, 0.3) is 11.3 Å². The number of rotatable bonds is 10. The van der Waals surface area contributed by atoms with E-state index >= 15 is 0 Å². The third-order valence-electron chi connectivity index (χ3n) is 4.64. The molecule has 0 fully saturated rings. The van der Waals surface area contributed by atoms with Crippen LogP contribution in [0, 0.1) is 10.1 Å². The van der Waals surface area contributed by atoms with Gasteiger partial charge in [0, 0.05) is 40.1 Å². The first-order valence-corrected chi connectivity index (χ1v) is 12.2. The molecule has 1 atom stereocenters. The number of unbranched alkanes of at least 4 members (excludes halogenated alkanes) is 1. The van der Waals surface area contributed by atoms with Gasteiger partial charge in [0.1, 0.15) is 0 Å². The van der Waals surface area contributed by atoms with E-state index in [1.807, 2.05) is 31.2 Å². The van der Waals surface area contributed by atoms with Crippen LogP contribution in [0.3, 0.4) is 0 Å². The van der Waals surface area contributed by atoms with E-state index in [4.69, 9.17) is 0 Å². The molecule has 1 heterocycles. The van der Waals surface area contributed by atoms with E-state index < -0.39 is 10.2 Å². The minimum atomic E-state index is -0.455. The molecule has 0 saturated carbocycles. The summed E-state index contributed by atoms with van der Waals surface area (Å²) < 4.78 is 0. The molecule has 0 radical (unpaired) electrons. The summed E-state index contributed by atoms with van der Waals surface area (Å²) in [5.74, 6) is -0.231. The maximum absolute atomic E-state index is 12.7. The fourth-order valence-electron chi connectivity index (χ4n) is 2.92. The van der Waals surface area contributed by atoms with Gasteiger partial charge in [-0.2, -0.15) is 0 Å². The summed E-state index contributed by atoms with van der Waals surface area (Å²) in [4.78, 5) is 40.4. The first-order chi connectivity index (χ1) is 15.9. The standard InChI is InChI=1S/C23H24N4O4S2/c1-3-4-11-21(28)24-17-8-6-10-19(13-17)33-15(2)22(29)26-23-25-20(14-32-23)16-7-5-9-18(12-16)27(30)31/h5-10,12-15H,3-4,11H2,1-2H3,(H,24,28)(H,25,26,29). The molecule has 0 aliphatic heterocycles. The van der Waals surface area contributed by atoms with Crippen molar-refractivity contribution in [2.24, 2.45) is 0 Å². The van der Waals surface area contributed by atoms with Crippen molar-refractivity contribution in [3.8, 4) is 11.3 Å². The highest BCUT2D eigenvalue weighted by molar-refractivity contribution is 8.00. The normalized spacial score (nSPS) is 11.6. The van der Waals surface area contributed by atoms with Crippen LogP contribution in [0.5, 0.6) is 0 Å². The van der Waals surface area contributed by atoms with E-state index in [1.54, 1.807) is 24.4 Å². The lowest BCUT2D eigenvalue weighted by atomic mass is 10.1. The van der Waals surface area contributed by atoms with Gasteiger partial charge in [0.2, 0.25) is 11.8 Å². The maximum Gasteiger partial charge on any atom is 0.270 e. The molecule has 172 valence electrons. The van der Waals surface area contributed by atoms with Gasteiger partial charge in [0.15, 0.2) is 5.13 Å². The average Bonchev–Trinajstić information content (AvgIpc) is 3.26. The highest BCUT2D eigenvalue weighted by Crippen LogP contribution is 2.29. The lowest BCUT2D eigenvalue weighted by molar-refractivity contribution is -0.384. The smallest absolute Gasteiger partial charge is 0.270 e. The molecular weight excluding hydrogens is 460 g/mol. The van der Waals surface area contributed by atoms with E-state index in [-0.39, 0.29) is 17.5 Å². The first-order valence-electron chi connectivity index (χ1n) is 10.4. The van der Waals surface area contributed by atoms with Crippen LogP contribution in [0.2, 0.25) is 0 Å². The molecule has 1 aromatic heterocycles. The lowest BCUT2D eigenvalue weighted by Gasteiger charge is -2.12. The van der Waals surface area contributed by atoms with Crippen molar-refractivity contribution in [3.63, 3.8) is 0 Å². The quantitative estimate of drug-likeness (QED) is 0.208. The second kappa shape index (κ2) is 11.6. The molecule has 1 unspecified atom stereocenters. The van der Waals surface area contributed by atoms with Gasteiger partial charge < -0.3 is 10.6 Å². The average molecular weight is 485 g/mol. The van der Waals surface area contributed by atoms with Crippen molar-refractivity contribution in [3.05, 3.63) is 64.0 Å². The first kappa shape index (κ1) is 24.4. The molecule has 8 nitrogen and oxygen atoms in total. The number of benzene rings is 2. The molecule has 3 aromatic rings. The lowest BCUT2D eigenvalue weighted by Crippen LogP contribution is -2.22. The third kappa shape index (κ3) is 7.13. The van der Waals surface area contributed by atoms with Crippen LogP contribution >= 0.6 is 23.1 Å². The molecular formula is C23H24N4O4S2. The number of carbonyl (C=O) groups is 2. The summed E-state index contributed by atoms with van der Waals surface area (Å²) in [5.41, 5.74) is 1.86. The Labute approximate surface area is 200 Å². The van der Waals surface area contributed by atoms with Crippen LogP contribution in [-0.4, -0.2) is 27.0 Å². The predicted octanol–water partition coefficient (Wildman–Crippen LogP) is 5.97. The van der Waals surface area contributed by atoms with Gasteiger partial charge >= 0.3 is 0 Å². The largest absolute Gasteiger partial charge is 0.326 e. The maximum atomic E-state index is 12.7. The summed E-state index contributed by atoms with van der Waals surface area (Å²) in [6, 6.07) is 13.6. The number of hydrogen-bond acceptors (Lipinski definition) is 7. The zero-order valence-electron chi connectivity index (χ0n) is 18.2. The number of non-ortho nitro benzene ring substituents is 1. The summed E-state index contributed by atoms with van der Waals surface area (Å²) in [5, 5.41) is 18.4. The Morgan fingerprint density at radius 3 is 2.73 bits per heavy atom. The molecule has 2 N–H and O–H groups in total. The summed E-state index contributed by atoms with van der Waals surface area (Å²) in [6.45, 7) is 3.83. The number of anilines is 2. The van der Waals surface area contributed by atoms with Crippen molar-refractivity contribution in [2.75, 3.05) is 10.6 Å². The van der Waals surface area contributed by atoms with Gasteiger partial charge in [-0.1, -0.05) is 31.5 Å². The Balaban J connectivity index is 1.59. The van der Waals surface area contributed by atoms with Crippen LogP contribution in [0.1, 0.15) is 33.1 Å². The number of nitrogens with one attached hydrogen (secondary N) is 2. The minimum absolute atomic E-state index is 0.0140. The predicted molar refractivity (Wildman–Crippen MR) is 133 cm³/mol. The Morgan fingerprint density at radius 2 is 1.97 bits per heavy atom. The number of nitro groups is 1. The molecule has 2 amide bonds. The fourth-order valence-corrected chi connectivity index (χ4v) is 4.56. The fraction of sp³-hybridized carbons (Fsp3) is 0.261. The van der Waals surface area contributed by atoms with E-state index in [0.29, 0.717) is 28.5 Å². The van der Waals surface area contributed by atoms with Crippen molar-refractivity contribution in [1.29, 1.82) is 0 Å². The van der Waals surface area contributed by atoms with Crippen LogP contribution in [0.15, 0.2) is 58.8 Å². The molecule has 3 rings (SSSR count). The van der Waals surface area contributed by atoms with Crippen LogP contribution < -0.4 is 10.6 Å². The molecule has 0 aliphatic rings. The molecule has 0 bridgehead atoms. The van der Waals surface area contributed by atoms with Gasteiger partial charge in [-0.15, -0.1) is 23.1 Å². The Kier molecular flexibility index (Phi) is 8.56. The summed E-state index contributed by atoms with van der Waals surface area (Å²) in [7, 11) is 0. The summed E-state index contributed by atoms with van der Waals surface area (Å²) >= 11 is 2.63. The monoisotopic (exact) mass is 484 g/mol. The second-order valence-corrected chi connectivity index (χ2v) is 9.55. The van der Waals surface area contributed by atoms with E-state index in [1.165, 1.54) is 35.2 Å². The van der Waals surface area contributed by atoms with E-state index in [2.05, 4.69) is 15.6 Å². The Hall–Kier alpha value is -3.24. The van der Waals surface area contributed by atoms with Gasteiger partial charge in [-0.25, -0.2) is 4.98 Å². The van der Waals surface area contributed by atoms with E-state index in [9.17, 15) is 19.7 Å². The number of amides is 2. The van der Waals surface area contributed by atoms with Crippen molar-refractivity contribution < 1.29 is 14.5 Å². The number of nitro benzene ring substituents is 1. The highest BCUT2D eigenvalue weighted by atomic mass is 32.2. The number of aromatic nitrogens is 1. The van der Waals surface area contributed by atoms with Crippen LogP contribution in [-0.2, 0) is 9.59 Å². The Morgan fingerprint density at radius 1 is 1.18 bits per heavy atom. The molecule has 0 saturated heterocycles. The number of hydrogen-bond donors (Lipinski definition) is 2. The third-order valence-corrected chi connectivity index (χ3v) is 6.50. The SMILES string of the molecule is CCCCC(=O)Nc1cccc(SC(C)C(=O)Nc2nc(-c3cccc([N+](=O)[O-])c3)cs2)c1. The Bertz CT molecular complexity index is 1150. The van der Waals surface area contributed by atoms with Gasteiger partial charge in [0.25, 0.3) is 5.69 Å². The zero-order valence-corrected chi connectivity index (χ0v) is 19.9. The molecule has 2 aromatic carbocycles. The van der Waals surface area contributed by atoms with E-state index in [0.717, 1.165) is 17.7 Å². The topological polar surface area (TPSA) is 114 Å². The van der Waals surface area contributed by atoms with Crippen molar-refractivity contribution in [1.82, 2.24) is 4.98 Å². The van der Waals surface area contributed by atoms with Crippen LogP contribution in [0.4, 0.5) is 16.5 Å². The number of thioether (sulfide) groups is 1. The summed E-state index contributed by atoms with van der Waals surface area (Å²) in [6.07, 6.45) is 2.29. The molecule has 0 aliphatic carbocycles. The van der Waals surface area contributed by atoms with Crippen molar-refractivity contribution >= 4 is 51.4 Å². The number of carbonyl (C=O) groups excluding carboxylic acids is 2. The van der Waals surface area contributed by atoms with Gasteiger partial charge in [-0.05, 0) is 31.5 Å². The molecule has 33 heavy (non-hydrogen) atoms.